The third-order valence-corrected chi connectivity index (χ3v) is 5.94. The number of carbonyl (C=O) groups is 1. The third-order valence-electron chi connectivity index (χ3n) is 4.82. The van der Waals surface area contributed by atoms with Gasteiger partial charge in [-0.15, -0.1) is 0 Å². The van der Waals surface area contributed by atoms with Crippen LogP contribution in [0.5, 0.6) is 0 Å². The van der Waals surface area contributed by atoms with Gasteiger partial charge in [-0.05, 0) is 31.2 Å². The van der Waals surface area contributed by atoms with E-state index in [1.807, 2.05) is 60.4 Å². The largest absolute Gasteiger partial charge is 0.334 e. The monoisotopic (exact) mass is 376 g/mol. The zero-order valence-corrected chi connectivity index (χ0v) is 15.4. The highest BCUT2D eigenvalue weighted by Crippen LogP contribution is 2.30. The number of aryl methyl sites for hydroxylation is 1. The molecule has 1 N–H and O–H groups in total. The molecule has 0 bridgehead atoms. The van der Waals surface area contributed by atoms with Gasteiger partial charge in [-0.25, -0.2) is 4.99 Å². The number of benzene rings is 2. The van der Waals surface area contributed by atoms with Crippen LogP contribution in [0.25, 0.3) is 5.57 Å². The number of aromatic nitrogens is 1. The number of anilines is 2. The SMILES string of the molecule is Cc1ccc2c(c1)/C(=c1\sc3n(c1=O)CN(c1ccccc1)CN=3)C(=O)N2. The van der Waals surface area contributed by atoms with Gasteiger partial charge in [0.1, 0.15) is 17.9 Å². The van der Waals surface area contributed by atoms with Crippen LogP contribution in [0.3, 0.4) is 0 Å². The number of hydrogen-bond acceptors (Lipinski definition) is 5. The Kier molecular flexibility index (Phi) is 3.51. The average Bonchev–Trinajstić information content (AvgIpc) is 3.18. The Bertz CT molecular complexity index is 1260. The Morgan fingerprint density at radius 1 is 1.11 bits per heavy atom. The topological polar surface area (TPSA) is 66.7 Å². The molecule has 1 aromatic heterocycles. The van der Waals surface area contributed by atoms with E-state index in [0.29, 0.717) is 28.2 Å². The number of nitrogens with one attached hydrogen (secondary N) is 1. The summed E-state index contributed by atoms with van der Waals surface area (Å²) in [5.74, 6) is -0.230. The summed E-state index contributed by atoms with van der Waals surface area (Å²) in [5, 5.41) is 2.86. The number of amides is 1. The van der Waals surface area contributed by atoms with Crippen molar-refractivity contribution in [2.75, 3.05) is 16.9 Å². The molecule has 5 rings (SSSR count). The molecule has 0 fully saturated rings. The van der Waals surface area contributed by atoms with Crippen LogP contribution in [0.15, 0.2) is 58.3 Å². The molecule has 27 heavy (non-hydrogen) atoms. The Labute approximate surface area is 158 Å². The molecule has 2 aliphatic rings. The third kappa shape index (κ3) is 2.50. The van der Waals surface area contributed by atoms with Gasteiger partial charge < -0.3 is 10.2 Å². The lowest BCUT2D eigenvalue weighted by molar-refractivity contribution is -0.110. The van der Waals surface area contributed by atoms with Gasteiger partial charge in [0.2, 0.25) is 0 Å². The second kappa shape index (κ2) is 5.92. The molecular formula is C20H16N4O2S. The van der Waals surface area contributed by atoms with Crippen molar-refractivity contribution in [3.8, 4) is 0 Å². The number of carbonyl (C=O) groups excluding carboxylic acids is 1. The lowest BCUT2D eigenvalue weighted by Gasteiger charge is -2.25. The van der Waals surface area contributed by atoms with Crippen molar-refractivity contribution in [2.24, 2.45) is 4.99 Å². The molecule has 0 saturated heterocycles. The summed E-state index contributed by atoms with van der Waals surface area (Å²) in [6.07, 6.45) is 0. The number of hydrogen-bond donors (Lipinski definition) is 1. The van der Waals surface area contributed by atoms with E-state index in [1.54, 1.807) is 4.57 Å². The lowest BCUT2D eigenvalue weighted by Crippen LogP contribution is -2.43. The summed E-state index contributed by atoms with van der Waals surface area (Å²) in [4.78, 5) is 32.9. The maximum atomic E-state index is 13.1. The van der Waals surface area contributed by atoms with E-state index in [-0.39, 0.29) is 11.5 Å². The summed E-state index contributed by atoms with van der Waals surface area (Å²) in [5.41, 5.74) is 3.88. The first-order valence-corrected chi connectivity index (χ1v) is 9.44. The number of fused-ring (bicyclic) bond motifs is 2. The number of para-hydroxylation sites is 1. The summed E-state index contributed by atoms with van der Waals surface area (Å²) in [6.45, 7) is 2.88. The van der Waals surface area contributed by atoms with Gasteiger partial charge in [-0.1, -0.05) is 41.2 Å². The van der Waals surface area contributed by atoms with E-state index in [9.17, 15) is 9.59 Å². The standard InChI is InChI=1S/C20H16N4O2S/c1-12-7-8-15-14(9-12)16(18(25)22-15)17-19(26)24-11-23(10-21-20(24)27-17)13-5-3-2-4-6-13/h2-9H,10-11H2,1H3,(H,22,25)/b17-16+. The van der Waals surface area contributed by atoms with Crippen molar-refractivity contribution in [3.63, 3.8) is 0 Å². The fourth-order valence-electron chi connectivity index (χ4n) is 3.47. The van der Waals surface area contributed by atoms with Crippen LogP contribution >= 0.6 is 11.3 Å². The fraction of sp³-hybridized carbons (Fsp3) is 0.150. The Hall–Kier alpha value is -3.19. The molecule has 2 aromatic carbocycles. The van der Waals surface area contributed by atoms with Gasteiger partial charge in [-0.3, -0.25) is 14.2 Å². The smallest absolute Gasteiger partial charge is 0.272 e. The maximum absolute atomic E-state index is 13.1. The first-order valence-electron chi connectivity index (χ1n) is 8.62. The maximum Gasteiger partial charge on any atom is 0.272 e. The Morgan fingerprint density at radius 3 is 2.74 bits per heavy atom. The van der Waals surface area contributed by atoms with Crippen molar-refractivity contribution < 1.29 is 4.79 Å². The van der Waals surface area contributed by atoms with Crippen molar-refractivity contribution in [1.82, 2.24) is 4.57 Å². The molecule has 6 nitrogen and oxygen atoms in total. The van der Waals surface area contributed by atoms with Crippen LogP contribution in [0.2, 0.25) is 0 Å². The first-order chi connectivity index (χ1) is 13.1. The van der Waals surface area contributed by atoms with Crippen molar-refractivity contribution in [1.29, 1.82) is 0 Å². The molecule has 7 heteroatoms. The van der Waals surface area contributed by atoms with Crippen LogP contribution in [-0.4, -0.2) is 17.1 Å². The van der Waals surface area contributed by atoms with Gasteiger partial charge in [0.25, 0.3) is 11.5 Å². The highest BCUT2D eigenvalue weighted by atomic mass is 32.1. The minimum Gasteiger partial charge on any atom is -0.334 e. The molecule has 0 saturated carbocycles. The number of thiazole rings is 1. The second-order valence-corrected chi connectivity index (χ2v) is 7.62. The zero-order chi connectivity index (χ0) is 18.5. The molecule has 3 heterocycles. The van der Waals surface area contributed by atoms with Crippen LogP contribution in [0.1, 0.15) is 11.1 Å². The molecule has 1 amide bonds. The van der Waals surface area contributed by atoms with Crippen molar-refractivity contribution >= 4 is 34.2 Å². The average molecular weight is 376 g/mol. The number of nitrogens with zero attached hydrogens (tertiary/aromatic N) is 3. The lowest BCUT2D eigenvalue weighted by atomic mass is 10.1. The van der Waals surface area contributed by atoms with Gasteiger partial charge in [-0.2, -0.15) is 0 Å². The Balaban J connectivity index is 1.68. The quantitative estimate of drug-likeness (QED) is 0.699. The van der Waals surface area contributed by atoms with E-state index < -0.39 is 0 Å². The molecule has 134 valence electrons. The predicted octanol–water partition coefficient (Wildman–Crippen LogP) is 1.42. The van der Waals surface area contributed by atoms with Gasteiger partial charge >= 0.3 is 0 Å². The van der Waals surface area contributed by atoms with Crippen molar-refractivity contribution in [2.45, 2.75) is 13.6 Å². The minimum atomic E-state index is -0.230. The molecule has 0 aliphatic carbocycles. The second-order valence-electron chi connectivity index (χ2n) is 6.64. The molecule has 0 atom stereocenters. The predicted molar refractivity (Wildman–Crippen MR) is 105 cm³/mol. The summed E-state index contributed by atoms with van der Waals surface area (Å²) >= 11 is 1.29. The van der Waals surface area contributed by atoms with Crippen LogP contribution < -0.4 is 25.1 Å². The van der Waals surface area contributed by atoms with Crippen LogP contribution in [-0.2, 0) is 11.5 Å². The highest BCUT2D eigenvalue weighted by Gasteiger charge is 2.28. The number of rotatable bonds is 1. The highest BCUT2D eigenvalue weighted by molar-refractivity contribution is 7.07. The minimum absolute atomic E-state index is 0.168. The van der Waals surface area contributed by atoms with E-state index >= 15 is 0 Å². The zero-order valence-electron chi connectivity index (χ0n) is 14.6. The molecule has 0 radical (unpaired) electrons. The van der Waals surface area contributed by atoms with Gasteiger partial charge in [0, 0.05) is 16.9 Å². The van der Waals surface area contributed by atoms with Crippen molar-refractivity contribution in [3.05, 3.63) is 79.3 Å². The normalized spacial score (nSPS) is 17.2. The van der Waals surface area contributed by atoms with E-state index in [2.05, 4.69) is 10.3 Å². The summed E-state index contributed by atoms with van der Waals surface area (Å²) < 4.78 is 2.09. The summed E-state index contributed by atoms with van der Waals surface area (Å²) in [6, 6.07) is 15.6. The van der Waals surface area contributed by atoms with Gasteiger partial charge in [0.15, 0.2) is 4.80 Å². The van der Waals surface area contributed by atoms with Crippen LogP contribution in [0.4, 0.5) is 11.4 Å². The molecule has 3 aromatic rings. The molecule has 0 unspecified atom stereocenters. The van der Waals surface area contributed by atoms with E-state index in [0.717, 1.165) is 22.5 Å². The Morgan fingerprint density at radius 2 is 1.93 bits per heavy atom. The summed E-state index contributed by atoms with van der Waals surface area (Å²) in [7, 11) is 0. The molecular weight excluding hydrogens is 360 g/mol. The van der Waals surface area contributed by atoms with Gasteiger partial charge in [0.05, 0.1) is 5.57 Å². The van der Waals surface area contributed by atoms with E-state index in [4.69, 9.17) is 0 Å². The van der Waals surface area contributed by atoms with E-state index in [1.165, 1.54) is 11.3 Å². The first kappa shape index (κ1) is 16.0. The van der Waals surface area contributed by atoms with Crippen LogP contribution in [0, 0.1) is 6.92 Å². The molecule has 0 spiro atoms. The fourth-order valence-corrected chi connectivity index (χ4v) is 4.53. The molecule has 2 aliphatic heterocycles.